The Kier molecular flexibility index (Phi) is 5.63. The van der Waals surface area contributed by atoms with Gasteiger partial charge < -0.3 is 20.8 Å². The number of benzene rings is 3. The Morgan fingerprint density at radius 2 is 1.83 bits per heavy atom. The number of halogens is 3. The Bertz CT molecular complexity index is 1620. The molecule has 0 aliphatic rings. The van der Waals surface area contributed by atoms with Crippen LogP contribution in [0, 0.1) is 24.4 Å². The maximum absolute atomic E-state index is 15.1. The van der Waals surface area contributed by atoms with E-state index in [1.54, 1.807) is 32.2 Å². The smallest absolute Gasteiger partial charge is 0.214 e. The molecule has 0 fully saturated rings. The van der Waals surface area contributed by atoms with Crippen molar-refractivity contribution in [1.82, 2.24) is 14.8 Å². The van der Waals surface area contributed by atoms with Gasteiger partial charge in [-0.25, -0.2) is 17.9 Å². The third-order valence-corrected chi connectivity index (χ3v) is 5.78. The van der Waals surface area contributed by atoms with Crippen LogP contribution in [-0.4, -0.2) is 27.6 Å². The lowest BCUT2D eigenvalue weighted by Crippen LogP contribution is -2.10. The normalized spacial score (nSPS) is 11.1. The van der Waals surface area contributed by atoms with Crippen molar-refractivity contribution in [1.29, 1.82) is 0 Å². The van der Waals surface area contributed by atoms with E-state index in [1.807, 2.05) is 0 Å². The van der Waals surface area contributed by atoms with Gasteiger partial charge >= 0.3 is 0 Å². The van der Waals surface area contributed by atoms with Crippen LogP contribution < -0.4 is 15.8 Å². The second-order valence-corrected chi connectivity index (χ2v) is 8.14. The van der Waals surface area contributed by atoms with Crippen molar-refractivity contribution in [3.05, 3.63) is 95.1 Å². The van der Waals surface area contributed by atoms with Gasteiger partial charge in [-0.3, -0.25) is 4.79 Å². The molecule has 36 heavy (non-hydrogen) atoms. The zero-order chi connectivity index (χ0) is 25.6. The average Bonchev–Trinajstić information content (AvgIpc) is 3.42. The molecule has 0 spiro atoms. The Hall–Kier alpha value is -4.73. The fourth-order valence-electron chi connectivity index (χ4n) is 4.01. The van der Waals surface area contributed by atoms with Gasteiger partial charge in [0.1, 0.15) is 23.1 Å². The summed E-state index contributed by atoms with van der Waals surface area (Å²) in [4.78, 5) is 16.0. The summed E-state index contributed by atoms with van der Waals surface area (Å²) in [6, 6.07) is 12.8. The molecule has 2 aromatic heterocycles. The molecule has 0 unspecified atom stereocenters. The molecule has 10 heteroatoms. The number of rotatable bonds is 6. The van der Waals surface area contributed by atoms with Gasteiger partial charge in [-0.1, -0.05) is 12.1 Å². The first-order valence-electron chi connectivity index (χ1n) is 10.9. The van der Waals surface area contributed by atoms with E-state index in [9.17, 15) is 13.6 Å². The summed E-state index contributed by atoms with van der Waals surface area (Å²) in [5.41, 5.74) is 7.57. The number of ketones is 1. The number of nitrogens with zero attached hydrogens (tertiary/aromatic N) is 2. The highest BCUT2D eigenvalue weighted by Gasteiger charge is 2.23. The predicted molar refractivity (Wildman–Crippen MR) is 130 cm³/mol. The molecule has 3 aromatic carbocycles. The van der Waals surface area contributed by atoms with E-state index in [2.05, 4.69) is 15.4 Å². The Balaban J connectivity index is 1.48. The molecule has 0 saturated heterocycles. The van der Waals surface area contributed by atoms with E-state index < -0.39 is 23.2 Å². The number of aryl methyl sites for hydroxylation is 1. The minimum atomic E-state index is -0.726. The molecular formula is C26H20F3N5O2. The highest BCUT2D eigenvalue weighted by Crippen LogP contribution is 2.31. The second kappa shape index (κ2) is 8.81. The number of hydrogen-bond donors (Lipinski definition) is 3. The van der Waals surface area contributed by atoms with Crippen LogP contribution in [0.4, 0.5) is 24.7 Å². The van der Waals surface area contributed by atoms with E-state index in [0.29, 0.717) is 22.2 Å². The van der Waals surface area contributed by atoms with Crippen molar-refractivity contribution in [3.63, 3.8) is 0 Å². The Morgan fingerprint density at radius 1 is 1.06 bits per heavy atom. The molecule has 0 saturated carbocycles. The first-order chi connectivity index (χ1) is 17.3. The van der Waals surface area contributed by atoms with Crippen LogP contribution in [0.15, 0.2) is 60.8 Å². The first kappa shape index (κ1) is 23.0. The fraction of sp³-hybridized carbons (Fsp3) is 0.0769. The molecule has 182 valence electrons. The van der Waals surface area contributed by atoms with Crippen LogP contribution in [0.2, 0.25) is 0 Å². The molecule has 0 radical (unpaired) electrons. The highest BCUT2D eigenvalue weighted by atomic mass is 19.1. The Labute approximate surface area is 203 Å². The lowest BCUT2D eigenvalue weighted by molar-refractivity contribution is 0.103. The number of nitrogen functional groups attached to an aromatic ring is 1. The molecule has 5 aromatic rings. The monoisotopic (exact) mass is 491 g/mol. The number of aromatic amines is 1. The van der Waals surface area contributed by atoms with Gasteiger partial charge in [0.15, 0.2) is 17.4 Å². The standard InChI is InChI=1S/C26H20F3N5O2/c1-13-7-15(36-23-6-4-3-5-17(23)27)10-19(29)24(13)34-26(30)16(12-32-34)25(35)22-9-14-8-21(31-2)18(28)11-20(14)33-22/h3-12,31,33H,30H2,1-2H3. The number of ether oxygens (including phenoxy) is 1. The molecule has 4 N–H and O–H groups in total. The number of anilines is 2. The zero-order valence-corrected chi connectivity index (χ0v) is 19.2. The topological polar surface area (TPSA) is 98.0 Å². The van der Waals surface area contributed by atoms with Gasteiger partial charge in [0.2, 0.25) is 5.78 Å². The highest BCUT2D eigenvalue weighted by molar-refractivity contribution is 6.12. The molecule has 7 nitrogen and oxygen atoms in total. The summed E-state index contributed by atoms with van der Waals surface area (Å²) < 4.78 is 49.7. The van der Waals surface area contributed by atoms with Crippen molar-refractivity contribution < 1.29 is 22.7 Å². The van der Waals surface area contributed by atoms with Crippen LogP contribution >= 0.6 is 0 Å². The number of H-pyrrole nitrogens is 1. The van der Waals surface area contributed by atoms with E-state index in [1.165, 1.54) is 36.5 Å². The lowest BCUT2D eigenvalue weighted by atomic mass is 10.1. The fourth-order valence-corrected chi connectivity index (χ4v) is 4.01. The molecule has 0 bridgehead atoms. The molecule has 0 aliphatic heterocycles. The summed E-state index contributed by atoms with van der Waals surface area (Å²) in [6.07, 6.45) is 1.24. The maximum atomic E-state index is 15.1. The summed E-state index contributed by atoms with van der Waals surface area (Å²) >= 11 is 0. The van der Waals surface area contributed by atoms with Gasteiger partial charge in [-0.05, 0) is 42.8 Å². The van der Waals surface area contributed by atoms with Crippen LogP contribution in [0.1, 0.15) is 21.6 Å². The molecule has 5 rings (SSSR count). The van der Waals surface area contributed by atoms with Gasteiger partial charge in [0, 0.05) is 30.1 Å². The number of fused-ring (bicyclic) bond motifs is 1. The van der Waals surface area contributed by atoms with Crippen molar-refractivity contribution in [2.24, 2.45) is 0 Å². The number of carbonyl (C=O) groups excluding carboxylic acids is 1. The first-order valence-corrected chi connectivity index (χ1v) is 10.9. The molecular weight excluding hydrogens is 471 g/mol. The minimum absolute atomic E-state index is 0.0183. The van der Waals surface area contributed by atoms with Gasteiger partial charge in [-0.15, -0.1) is 0 Å². The summed E-state index contributed by atoms with van der Waals surface area (Å²) in [5.74, 6) is -2.30. The van der Waals surface area contributed by atoms with Gasteiger partial charge in [-0.2, -0.15) is 5.10 Å². The maximum Gasteiger partial charge on any atom is 0.214 e. The zero-order valence-electron chi connectivity index (χ0n) is 19.2. The number of carbonyl (C=O) groups is 1. The third-order valence-electron chi connectivity index (χ3n) is 5.78. The van der Waals surface area contributed by atoms with Crippen LogP contribution in [0.25, 0.3) is 16.6 Å². The Morgan fingerprint density at radius 3 is 2.56 bits per heavy atom. The SMILES string of the molecule is CNc1cc2cc(C(=O)c3cnn(-c4c(C)cc(Oc5ccccc5F)cc4F)c3N)[nH]c2cc1F. The van der Waals surface area contributed by atoms with Crippen LogP contribution in [0.5, 0.6) is 11.5 Å². The lowest BCUT2D eigenvalue weighted by Gasteiger charge is -2.13. The van der Waals surface area contributed by atoms with E-state index in [4.69, 9.17) is 10.5 Å². The average molecular weight is 491 g/mol. The van der Waals surface area contributed by atoms with Crippen LogP contribution in [0.3, 0.4) is 0 Å². The van der Waals surface area contributed by atoms with Gasteiger partial charge in [0.25, 0.3) is 0 Å². The van der Waals surface area contributed by atoms with E-state index in [0.717, 1.165) is 10.7 Å². The third kappa shape index (κ3) is 3.92. The molecule has 0 amide bonds. The van der Waals surface area contributed by atoms with Crippen molar-refractivity contribution in [2.45, 2.75) is 6.92 Å². The quantitative estimate of drug-likeness (QED) is 0.264. The summed E-state index contributed by atoms with van der Waals surface area (Å²) in [7, 11) is 1.60. The number of nitrogens with one attached hydrogen (secondary N) is 2. The molecule has 0 atom stereocenters. The van der Waals surface area contributed by atoms with Crippen LogP contribution in [-0.2, 0) is 0 Å². The van der Waals surface area contributed by atoms with Crippen molar-refractivity contribution >= 4 is 28.2 Å². The minimum Gasteiger partial charge on any atom is -0.454 e. The largest absolute Gasteiger partial charge is 0.454 e. The molecule has 2 heterocycles. The van der Waals surface area contributed by atoms with E-state index >= 15 is 4.39 Å². The summed E-state index contributed by atoms with van der Waals surface area (Å²) in [5, 5.41) is 7.50. The van der Waals surface area contributed by atoms with Crippen molar-refractivity contribution in [2.75, 3.05) is 18.1 Å². The van der Waals surface area contributed by atoms with Crippen molar-refractivity contribution in [3.8, 4) is 17.2 Å². The number of para-hydroxylation sites is 1. The molecule has 0 aliphatic carbocycles. The second-order valence-electron chi connectivity index (χ2n) is 8.14. The summed E-state index contributed by atoms with van der Waals surface area (Å²) in [6.45, 7) is 1.61. The predicted octanol–water partition coefficient (Wildman–Crippen LogP) is 5.73. The number of hydrogen-bond acceptors (Lipinski definition) is 5. The number of nitrogens with two attached hydrogens (primary N) is 1. The van der Waals surface area contributed by atoms with E-state index in [-0.39, 0.29) is 34.3 Å². The van der Waals surface area contributed by atoms with Gasteiger partial charge in [0.05, 0.1) is 23.1 Å². The number of aromatic nitrogens is 3.